The molecule has 2 saturated carbocycles. The highest BCUT2D eigenvalue weighted by Gasteiger charge is 2.30. The molecule has 7 aromatic rings. The van der Waals surface area contributed by atoms with Crippen molar-refractivity contribution in [2.24, 2.45) is 0 Å². The smallest absolute Gasteiger partial charge is 0.399 e. The molecule has 0 bridgehead atoms. The van der Waals surface area contributed by atoms with Crippen molar-refractivity contribution in [3.8, 4) is 0 Å². The van der Waals surface area contributed by atoms with Gasteiger partial charge in [-0.2, -0.15) is 33.3 Å². The summed E-state index contributed by atoms with van der Waals surface area (Å²) in [6, 6.07) is 27.0. The molecule has 0 atom stereocenters. The Labute approximate surface area is 336 Å². The third-order valence-corrected chi connectivity index (χ3v) is 9.51. The lowest BCUT2D eigenvalue weighted by Crippen LogP contribution is -2.08. The molecule has 17 heteroatoms. The fraction of sp³-hybridized carbons (Fsp3) is 0.214. The van der Waals surface area contributed by atoms with Crippen LogP contribution in [0.3, 0.4) is 0 Å². The van der Waals surface area contributed by atoms with E-state index in [1.165, 1.54) is 43.5 Å². The van der Waals surface area contributed by atoms with Crippen molar-refractivity contribution < 1.29 is 18.0 Å². The van der Waals surface area contributed by atoms with E-state index in [0.29, 0.717) is 46.7 Å². The van der Waals surface area contributed by atoms with Crippen molar-refractivity contribution >= 4 is 58.0 Å². The fourth-order valence-electron chi connectivity index (χ4n) is 6.11. The lowest BCUT2D eigenvalue weighted by atomic mass is 10.0. The Morgan fingerprint density at radius 1 is 0.610 bits per heavy atom. The highest BCUT2D eigenvalue weighted by molar-refractivity contribution is 5.83. The molecule has 2 aliphatic carbocycles. The quantitative estimate of drug-likeness (QED) is 0.0516. The summed E-state index contributed by atoms with van der Waals surface area (Å²) in [5.74, 6) is 4.82. The number of rotatable bonds is 14. The van der Waals surface area contributed by atoms with Crippen LogP contribution in [-0.4, -0.2) is 46.1 Å². The Kier molecular flexibility index (Phi) is 11.1. The number of carbonyl (C=O) groups is 1. The predicted molar refractivity (Wildman–Crippen MR) is 219 cm³/mol. The molecule has 8 N–H and O–H groups in total. The summed E-state index contributed by atoms with van der Waals surface area (Å²) in [5.41, 5.74) is 11.0. The van der Waals surface area contributed by atoms with E-state index in [0.717, 1.165) is 46.3 Å². The van der Waals surface area contributed by atoms with Crippen LogP contribution in [0, 0.1) is 0 Å². The Morgan fingerprint density at radius 3 is 1.49 bits per heavy atom. The van der Waals surface area contributed by atoms with Gasteiger partial charge in [0.05, 0.1) is 5.56 Å². The highest BCUT2D eigenvalue weighted by Crippen LogP contribution is 2.40. The Bertz CT molecular complexity index is 2490. The van der Waals surface area contributed by atoms with Crippen molar-refractivity contribution in [2.75, 3.05) is 27.0 Å². The summed E-state index contributed by atoms with van der Waals surface area (Å²) in [6.07, 6.45) is 4.07. The second kappa shape index (κ2) is 17.1. The maximum absolute atomic E-state index is 12.7. The lowest BCUT2D eigenvalue weighted by Gasteiger charge is -2.09. The van der Waals surface area contributed by atoms with Crippen LogP contribution in [0.4, 0.5) is 65.4 Å². The highest BCUT2D eigenvalue weighted by atomic mass is 19.4. The number of carbonyl (C=O) groups excluding carboxylic acids is 1. The summed E-state index contributed by atoms with van der Waals surface area (Å²) >= 11 is 0. The van der Waals surface area contributed by atoms with Crippen molar-refractivity contribution in [2.45, 2.75) is 56.5 Å². The molecule has 4 aromatic heterocycles. The molecule has 9 rings (SSSR count). The number of aromatic amines is 2. The van der Waals surface area contributed by atoms with E-state index < -0.39 is 11.7 Å². The Morgan fingerprint density at radius 2 is 1.05 bits per heavy atom. The van der Waals surface area contributed by atoms with Gasteiger partial charge in [-0.15, -0.1) is 0 Å². The van der Waals surface area contributed by atoms with Crippen LogP contribution in [0.15, 0.2) is 109 Å². The molecule has 0 spiro atoms. The van der Waals surface area contributed by atoms with E-state index in [1.54, 1.807) is 24.5 Å². The summed E-state index contributed by atoms with van der Waals surface area (Å²) in [5, 5.41) is 27.3. The van der Waals surface area contributed by atoms with Gasteiger partial charge in [0.25, 0.3) is 0 Å². The molecule has 0 amide bonds. The number of nitrogen functional groups attached to an aromatic ring is 1. The van der Waals surface area contributed by atoms with E-state index in [9.17, 15) is 18.0 Å². The van der Waals surface area contributed by atoms with Crippen LogP contribution in [0.2, 0.25) is 0 Å². The number of hydrogen-bond donors (Lipinski definition) is 7. The van der Waals surface area contributed by atoms with Crippen LogP contribution in [0.25, 0.3) is 0 Å². The maximum Gasteiger partial charge on any atom is 0.416 e. The lowest BCUT2D eigenvalue weighted by molar-refractivity contribution is -0.137. The molecule has 0 aliphatic heterocycles. The second-order valence-corrected chi connectivity index (χ2v) is 14.4. The van der Waals surface area contributed by atoms with E-state index in [-0.39, 0.29) is 18.6 Å². The zero-order valence-corrected chi connectivity index (χ0v) is 31.6. The number of halogens is 3. The first kappa shape index (κ1) is 38.6. The molecular formula is C42H40F3N13O. The zero-order valence-electron chi connectivity index (χ0n) is 31.6. The molecule has 59 heavy (non-hydrogen) atoms. The summed E-state index contributed by atoms with van der Waals surface area (Å²) in [4.78, 5) is 29.8. The van der Waals surface area contributed by atoms with Gasteiger partial charge in [0.2, 0.25) is 11.9 Å². The summed E-state index contributed by atoms with van der Waals surface area (Å²) < 4.78 is 38.1. The number of Topliss-reactive ketones (excluding diaryl/α,β-unsaturated/α-hetero) is 1. The zero-order chi connectivity index (χ0) is 40.8. The number of benzene rings is 3. The van der Waals surface area contributed by atoms with Gasteiger partial charge in [-0.25, -0.2) is 9.97 Å². The summed E-state index contributed by atoms with van der Waals surface area (Å²) in [7, 11) is 0. The average Bonchev–Trinajstić information content (AvgIpc) is 4.16. The van der Waals surface area contributed by atoms with Crippen LogP contribution >= 0.6 is 0 Å². The molecule has 3 aromatic carbocycles. The number of ketones is 1. The third kappa shape index (κ3) is 11.0. The minimum atomic E-state index is -4.39. The minimum Gasteiger partial charge on any atom is -0.399 e. The van der Waals surface area contributed by atoms with Crippen molar-refractivity contribution in [1.82, 2.24) is 40.3 Å². The maximum atomic E-state index is 12.7. The van der Waals surface area contributed by atoms with Gasteiger partial charge in [0, 0.05) is 77.7 Å². The van der Waals surface area contributed by atoms with E-state index >= 15 is 0 Å². The molecule has 2 fully saturated rings. The number of nitrogens with two attached hydrogens (primary N) is 1. The molecule has 0 unspecified atom stereocenters. The minimum absolute atomic E-state index is 0.0733. The first-order valence-corrected chi connectivity index (χ1v) is 19.0. The number of anilines is 9. The number of hydrogen-bond acceptors (Lipinski definition) is 12. The van der Waals surface area contributed by atoms with Gasteiger partial charge in [-0.1, -0.05) is 24.3 Å². The van der Waals surface area contributed by atoms with Gasteiger partial charge < -0.3 is 27.0 Å². The second-order valence-electron chi connectivity index (χ2n) is 14.4. The molecular weight excluding hydrogens is 760 g/mol. The number of H-pyrrole nitrogens is 2. The standard InChI is InChI=1S/C26H23F3N6O.C16H17N7/c27-26(28,29)19-7-1-16(2-8-19)13-21(36)14-17-3-9-20(10-4-17)31-25-30-12-11-23(33-25)32-24-15-22(34-35-24)18-5-6-18;17-11-3-5-12(6-4-11)19-16-18-8-7-14(21-16)20-15-9-13(22-23-15)10-1-2-10/h1-4,7-12,15,18H,5-6,13-14H2,(H3,30,31,32,33,34,35);3-10H,1-2,17H2,(H3,18,19,20,21,22,23). The third-order valence-electron chi connectivity index (χ3n) is 9.51. The summed E-state index contributed by atoms with van der Waals surface area (Å²) in [6.45, 7) is 0. The van der Waals surface area contributed by atoms with E-state index in [4.69, 9.17) is 5.73 Å². The number of nitrogens with one attached hydrogen (secondary N) is 6. The Balaban J connectivity index is 0.000000180. The molecule has 300 valence electrons. The molecule has 2 aliphatic rings. The number of alkyl halides is 3. The fourth-order valence-corrected chi connectivity index (χ4v) is 6.11. The van der Waals surface area contributed by atoms with Gasteiger partial charge in [0.15, 0.2) is 11.6 Å². The van der Waals surface area contributed by atoms with Crippen LogP contribution in [0.1, 0.15) is 65.6 Å². The number of aromatic nitrogens is 8. The van der Waals surface area contributed by atoms with Gasteiger partial charge in [-0.3, -0.25) is 15.0 Å². The SMILES string of the molecule is Nc1ccc(Nc2nccc(Nc3cc(C4CC4)[nH]n3)n2)cc1.O=C(Cc1ccc(Nc2nccc(Nc3cc(C4CC4)[nH]n3)n2)cc1)Cc1ccc(C(F)(F)F)cc1. The van der Waals surface area contributed by atoms with Crippen molar-refractivity contribution in [3.63, 3.8) is 0 Å². The molecule has 4 heterocycles. The first-order chi connectivity index (χ1) is 28.6. The van der Waals surface area contributed by atoms with Gasteiger partial charge >= 0.3 is 6.18 Å². The largest absolute Gasteiger partial charge is 0.416 e. The topological polar surface area (TPSA) is 200 Å². The normalized spacial score (nSPS) is 13.5. The Hall–Kier alpha value is -7.30. The molecule has 0 radical (unpaired) electrons. The van der Waals surface area contributed by atoms with Crippen molar-refractivity contribution in [1.29, 1.82) is 0 Å². The number of nitrogens with zero attached hydrogens (tertiary/aromatic N) is 6. The van der Waals surface area contributed by atoms with Crippen molar-refractivity contribution in [3.05, 3.63) is 138 Å². The van der Waals surface area contributed by atoms with Crippen LogP contribution in [0.5, 0.6) is 0 Å². The van der Waals surface area contributed by atoms with Crippen LogP contribution < -0.4 is 27.0 Å². The van der Waals surface area contributed by atoms with Crippen LogP contribution in [-0.2, 0) is 23.8 Å². The van der Waals surface area contributed by atoms with E-state index in [2.05, 4.69) is 61.6 Å². The average molecular weight is 800 g/mol. The molecule has 0 saturated heterocycles. The molecule has 14 nitrogen and oxygen atoms in total. The van der Waals surface area contributed by atoms with Gasteiger partial charge in [-0.05, 0) is 97.5 Å². The monoisotopic (exact) mass is 799 g/mol. The van der Waals surface area contributed by atoms with E-state index in [1.807, 2.05) is 60.7 Å². The van der Waals surface area contributed by atoms with Gasteiger partial charge in [0.1, 0.15) is 17.4 Å². The predicted octanol–water partition coefficient (Wildman–Crippen LogP) is 9.08. The first-order valence-electron chi connectivity index (χ1n) is 19.0.